The Hall–Kier alpha value is -2.90. The lowest BCUT2D eigenvalue weighted by molar-refractivity contribution is -0.128. The van der Waals surface area contributed by atoms with E-state index in [1.54, 1.807) is 40.1 Å². The van der Waals surface area contributed by atoms with E-state index >= 15 is 0 Å². The van der Waals surface area contributed by atoms with Gasteiger partial charge in [-0.25, -0.2) is 0 Å². The number of aryl methyl sites for hydroxylation is 1. The molecule has 35 heavy (non-hydrogen) atoms. The largest absolute Gasteiger partial charge is 0.353 e. The maximum Gasteiger partial charge on any atom is 0.257 e. The van der Waals surface area contributed by atoms with Gasteiger partial charge in [0.05, 0.1) is 6.61 Å². The molecule has 7 nitrogen and oxygen atoms in total. The number of benzene rings is 2. The molecule has 0 saturated carbocycles. The van der Waals surface area contributed by atoms with Gasteiger partial charge in [0, 0.05) is 48.1 Å². The standard InChI is InChI=1S/C27H32ClN3O4/c1-4-19(3)29-24(32)23-17-35-27(31(23)26(34)22-11-6-5-8-18(22)2)12-14-30(15-13-27)25(33)20-9-7-10-21(28)16-20/h5-11,16,19,23H,4,12-15,17H2,1-3H3,(H,29,32). The summed E-state index contributed by atoms with van der Waals surface area (Å²) in [5.74, 6) is -0.543. The average molecular weight is 498 g/mol. The molecule has 2 heterocycles. The monoisotopic (exact) mass is 497 g/mol. The second-order valence-corrected chi connectivity index (χ2v) is 9.82. The number of hydrogen-bond acceptors (Lipinski definition) is 4. The van der Waals surface area contributed by atoms with Crippen molar-refractivity contribution in [2.75, 3.05) is 19.7 Å². The summed E-state index contributed by atoms with van der Waals surface area (Å²) in [6, 6.07) is 13.5. The van der Waals surface area contributed by atoms with E-state index in [-0.39, 0.29) is 30.4 Å². The Kier molecular flexibility index (Phi) is 7.47. The molecule has 2 saturated heterocycles. The summed E-state index contributed by atoms with van der Waals surface area (Å²) < 4.78 is 6.26. The molecule has 3 amide bonds. The topological polar surface area (TPSA) is 79.0 Å². The van der Waals surface area contributed by atoms with Crippen LogP contribution in [-0.4, -0.2) is 65.0 Å². The summed E-state index contributed by atoms with van der Waals surface area (Å²) in [5, 5.41) is 3.52. The SMILES string of the molecule is CCC(C)NC(=O)C1COC2(CCN(C(=O)c3cccc(Cl)c3)CC2)N1C(=O)c1ccccc1C. The first kappa shape index (κ1) is 25.2. The molecule has 1 N–H and O–H groups in total. The van der Waals surface area contributed by atoms with Gasteiger partial charge in [-0.2, -0.15) is 0 Å². The molecule has 2 aromatic carbocycles. The number of halogens is 1. The maximum absolute atomic E-state index is 13.9. The summed E-state index contributed by atoms with van der Waals surface area (Å²) in [6.07, 6.45) is 1.63. The van der Waals surface area contributed by atoms with E-state index in [0.29, 0.717) is 42.1 Å². The summed E-state index contributed by atoms with van der Waals surface area (Å²) in [5.41, 5.74) is 0.979. The van der Waals surface area contributed by atoms with Crippen LogP contribution < -0.4 is 5.32 Å². The molecule has 0 aromatic heterocycles. The van der Waals surface area contributed by atoms with Gasteiger partial charge in [-0.1, -0.05) is 42.8 Å². The number of ether oxygens (including phenoxy) is 1. The van der Waals surface area contributed by atoms with Crippen LogP contribution in [-0.2, 0) is 9.53 Å². The Labute approximate surface area is 211 Å². The van der Waals surface area contributed by atoms with E-state index in [4.69, 9.17) is 16.3 Å². The van der Waals surface area contributed by atoms with Crippen molar-refractivity contribution in [1.82, 2.24) is 15.1 Å². The lowest BCUT2D eigenvalue weighted by atomic mass is 9.95. The molecule has 1 spiro atoms. The van der Waals surface area contributed by atoms with Crippen molar-refractivity contribution in [3.05, 3.63) is 70.2 Å². The highest BCUT2D eigenvalue weighted by Gasteiger charge is 2.54. The predicted molar refractivity (Wildman–Crippen MR) is 134 cm³/mol. The van der Waals surface area contributed by atoms with Crippen molar-refractivity contribution in [3.8, 4) is 0 Å². The Morgan fingerprint density at radius 2 is 1.83 bits per heavy atom. The first-order valence-corrected chi connectivity index (χ1v) is 12.5. The molecular formula is C27H32ClN3O4. The molecule has 0 bridgehead atoms. The van der Waals surface area contributed by atoms with E-state index in [1.165, 1.54) is 0 Å². The molecule has 2 unspecified atom stereocenters. The zero-order chi connectivity index (χ0) is 25.2. The Morgan fingerprint density at radius 3 is 2.49 bits per heavy atom. The summed E-state index contributed by atoms with van der Waals surface area (Å²) in [7, 11) is 0. The molecule has 4 rings (SSSR count). The highest BCUT2D eigenvalue weighted by molar-refractivity contribution is 6.30. The third kappa shape index (κ3) is 5.07. The molecule has 2 aliphatic heterocycles. The van der Waals surface area contributed by atoms with Crippen LogP contribution in [0.4, 0.5) is 0 Å². The number of likely N-dealkylation sites (tertiary alicyclic amines) is 1. The second kappa shape index (κ2) is 10.4. The van der Waals surface area contributed by atoms with Crippen LogP contribution in [0.15, 0.2) is 48.5 Å². The number of carbonyl (C=O) groups is 3. The predicted octanol–water partition coefficient (Wildman–Crippen LogP) is 4.04. The number of rotatable bonds is 5. The van der Waals surface area contributed by atoms with Crippen LogP contribution in [0, 0.1) is 6.92 Å². The van der Waals surface area contributed by atoms with Gasteiger partial charge < -0.3 is 15.0 Å². The Balaban J connectivity index is 1.59. The summed E-state index contributed by atoms with van der Waals surface area (Å²) in [4.78, 5) is 43.5. The molecule has 8 heteroatoms. The minimum atomic E-state index is -0.943. The van der Waals surface area contributed by atoms with Gasteiger partial charge in [0.15, 0.2) is 0 Å². The van der Waals surface area contributed by atoms with Crippen LogP contribution in [0.5, 0.6) is 0 Å². The van der Waals surface area contributed by atoms with Crippen molar-refractivity contribution < 1.29 is 19.1 Å². The average Bonchev–Trinajstić information content (AvgIpc) is 3.22. The zero-order valence-corrected chi connectivity index (χ0v) is 21.2. The summed E-state index contributed by atoms with van der Waals surface area (Å²) in [6.45, 7) is 6.77. The van der Waals surface area contributed by atoms with E-state index in [9.17, 15) is 14.4 Å². The summed E-state index contributed by atoms with van der Waals surface area (Å²) >= 11 is 6.07. The quantitative estimate of drug-likeness (QED) is 0.676. The molecule has 186 valence electrons. The van der Waals surface area contributed by atoms with E-state index in [2.05, 4.69) is 5.32 Å². The van der Waals surface area contributed by atoms with Gasteiger partial charge in [0.1, 0.15) is 11.8 Å². The van der Waals surface area contributed by atoms with Crippen LogP contribution >= 0.6 is 11.6 Å². The van der Waals surface area contributed by atoms with Crippen molar-refractivity contribution in [3.63, 3.8) is 0 Å². The van der Waals surface area contributed by atoms with Crippen LogP contribution in [0.2, 0.25) is 5.02 Å². The van der Waals surface area contributed by atoms with Crippen LogP contribution in [0.25, 0.3) is 0 Å². The number of nitrogens with one attached hydrogen (secondary N) is 1. The highest BCUT2D eigenvalue weighted by atomic mass is 35.5. The molecule has 2 atom stereocenters. The normalized spacial score (nSPS) is 20.1. The third-order valence-electron chi connectivity index (χ3n) is 7.06. The lowest BCUT2D eigenvalue weighted by Crippen LogP contribution is -2.60. The maximum atomic E-state index is 13.9. The fourth-order valence-corrected chi connectivity index (χ4v) is 5.00. The van der Waals surface area contributed by atoms with Crippen molar-refractivity contribution in [2.24, 2.45) is 0 Å². The van der Waals surface area contributed by atoms with Gasteiger partial charge in [-0.05, 0) is 50.1 Å². The first-order valence-electron chi connectivity index (χ1n) is 12.1. The minimum absolute atomic E-state index is 0.00775. The van der Waals surface area contributed by atoms with Gasteiger partial charge in [0.2, 0.25) is 5.91 Å². The molecular weight excluding hydrogens is 466 g/mol. The van der Waals surface area contributed by atoms with Crippen molar-refractivity contribution >= 4 is 29.3 Å². The Bertz CT molecular complexity index is 1110. The van der Waals surface area contributed by atoms with E-state index in [1.807, 2.05) is 39.0 Å². The minimum Gasteiger partial charge on any atom is -0.353 e. The smallest absolute Gasteiger partial charge is 0.257 e. The molecule has 2 aromatic rings. The van der Waals surface area contributed by atoms with E-state index in [0.717, 1.165) is 12.0 Å². The molecule has 0 aliphatic carbocycles. The fourth-order valence-electron chi connectivity index (χ4n) is 4.81. The number of carbonyl (C=O) groups excluding carboxylic acids is 3. The highest BCUT2D eigenvalue weighted by Crippen LogP contribution is 2.39. The van der Waals surface area contributed by atoms with Gasteiger partial charge in [0.25, 0.3) is 11.8 Å². The number of amides is 3. The van der Waals surface area contributed by atoms with Crippen molar-refractivity contribution in [1.29, 1.82) is 0 Å². The molecule has 0 radical (unpaired) electrons. The Morgan fingerprint density at radius 1 is 1.11 bits per heavy atom. The first-order chi connectivity index (χ1) is 16.8. The van der Waals surface area contributed by atoms with Gasteiger partial charge >= 0.3 is 0 Å². The van der Waals surface area contributed by atoms with Crippen LogP contribution in [0.3, 0.4) is 0 Å². The number of nitrogens with zero attached hydrogens (tertiary/aromatic N) is 2. The van der Waals surface area contributed by atoms with Crippen molar-refractivity contribution in [2.45, 2.75) is 57.8 Å². The van der Waals surface area contributed by atoms with Gasteiger partial charge in [-0.15, -0.1) is 0 Å². The van der Waals surface area contributed by atoms with E-state index < -0.39 is 11.8 Å². The second-order valence-electron chi connectivity index (χ2n) is 9.38. The lowest BCUT2D eigenvalue weighted by Gasteiger charge is -2.44. The molecule has 2 fully saturated rings. The van der Waals surface area contributed by atoms with Crippen LogP contribution in [0.1, 0.15) is 59.4 Å². The number of hydrogen-bond donors (Lipinski definition) is 1. The number of piperidine rings is 1. The molecule has 2 aliphatic rings. The zero-order valence-electron chi connectivity index (χ0n) is 20.4. The fraction of sp³-hybridized carbons (Fsp3) is 0.444. The third-order valence-corrected chi connectivity index (χ3v) is 7.30. The van der Waals surface area contributed by atoms with Gasteiger partial charge in [-0.3, -0.25) is 19.3 Å².